The van der Waals surface area contributed by atoms with E-state index in [2.05, 4.69) is 46.7 Å². The molecule has 1 aromatic heterocycles. The van der Waals surface area contributed by atoms with Gasteiger partial charge in [-0.15, -0.1) is 24.0 Å². The molecule has 0 saturated heterocycles. The molecule has 0 aromatic carbocycles. The van der Waals surface area contributed by atoms with Crippen molar-refractivity contribution in [3.05, 3.63) is 17.8 Å². The second-order valence-electron chi connectivity index (χ2n) is 9.26. The number of hydrogen-bond acceptors (Lipinski definition) is 5. The van der Waals surface area contributed by atoms with Crippen LogP contribution in [0.15, 0.2) is 15.6 Å². The summed E-state index contributed by atoms with van der Waals surface area (Å²) in [6.45, 7) is 16.8. The number of alkyl carbamates (subject to hydrolysis) is 1. The summed E-state index contributed by atoms with van der Waals surface area (Å²) in [4.78, 5) is 20.8. The fourth-order valence-corrected chi connectivity index (χ4v) is 2.61. The maximum absolute atomic E-state index is 12.3. The van der Waals surface area contributed by atoms with Crippen LogP contribution in [0.5, 0.6) is 0 Å². The van der Waals surface area contributed by atoms with E-state index in [0.29, 0.717) is 24.9 Å². The highest BCUT2D eigenvalue weighted by atomic mass is 127. The highest BCUT2D eigenvalue weighted by Crippen LogP contribution is 2.22. The third-order valence-corrected chi connectivity index (χ3v) is 4.64. The second-order valence-corrected chi connectivity index (χ2v) is 9.26. The number of hydrogen-bond donors (Lipinski definition) is 3. The molecule has 8 nitrogen and oxygen atoms in total. The number of rotatable bonds is 7. The van der Waals surface area contributed by atoms with E-state index in [1.165, 1.54) is 0 Å². The van der Waals surface area contributed by atoms with Gasteiger partial charge < -0.3 is 25.1 Å². The molecule has 0 aliphatic carbocycles. The Balaban J connectivity index is 0.00000841. The first-order valence-electron chi connectivity index (χ1n) is 10.2. The molecule has 174 valence electrons. The molecular weight excluding hydrogens is 497 g/mol. The third kappa shape index (κ3) is 9.53. The van der Waals surface area contributed by atoms with Crippen LogP contribution in [0.25, 0.3) is 0 Å². The van der Waals surface area contributed by atoms with Gasteiger partial charge in [0, 0.05) is 19.0 Å². The largest absolute Gasteiger partial charge is 0.444 e. The van der Waals surface area contributed by atoms with Gasteiger partial charge in [-0.3, -0.25) is 4.99 Å². The number of amides is 1. The molecule has 30 heavy (non-hydrogen) atoms. The topological polar surface area (TPSA) is 101 Å². The van der Waals surface area contributed by atoms with E-state index >= 15 is 0 Å². The smallest absolute Gasteiger partial charge is 0.408 e. The lowest BCUT2D eigenvalue weighted by Gasteiger charge is -2.34. The fourth-order valence-electron chi connectivity index (χ4n) is 2.61. The zero-order valence-electron chi connectivity index (χ0n) is 19.9. The molecule has 1 amide bonds. The van der Waals surface area contributed by atoms with Crippen molar-refractivity contribution in [2.24, 2.45) is 4.99 Å². The van der Waals surface area contributed by atoms with Crippen LogP contribution in [-0.2, 0) is 16.7 Å². The van der Waals surface area contributed by atoms with Gasteiger partial charge in [-0.25, -0.2) is 9.78 Å². The lowest BCUT2D eigenvalue weighted by molar-refractivity contribution is 0.0448. The SMILES string of the molecule is CCC(CC)(CNC(=NC)NCc1ncc(C(C)(C)C)o1)NC(=O)OC(C)(C)C.I. The van der Waals surface area contributed by atoms with E-state index in [0.717, 1.165) is 18.6 Å². The summed E-state index contributed by atoms with van der Waals surface area (Å²) in [6.07, 6.45) is 2.85. The van der Waals surface area contributed by atoms with Crippen LogP contribution in [0.2, 0.25) is 0 Å². The van der Waals surface area contributed by atoms with E-state index in [1.807, 2.05) is 34.6 Å². The summed E-state index contributed by atoms with van der Waals surface area (Å²) in [5.41, 5.74) is -1.06. The molecule has 9 heteroatoms. The molecule has 0 aliphatic heterocycles. The highest BCUT2D eigenvalue weighted by molar-refractivity contribution is 14.0. The number of nitrogens with zero attached hydrogens (tertiary/aromatic N) is 2. The fraction of sp³-hybridized carbons (Fsp3) is 0.762. The van der Waals surface area contributed by atoms with E-state index in [4.69, 9.17) is 9.15 Å². The first-order valence-corrected chi connectivity index (χ1v) is 10.2. The highest BCUT2D eigenvalue weighted by Gasteiger charge is 2.30. The lowest BCUT2D eigenvalue weighted by atomic mass is 9.93. The Bertz CT molecular complexity index is 686. The van der Waals surface area contributed by atoms with E-state index in [1.54, 1.807) is 13.2 Å². The number of guanidine groups is 1. The second kappa shape index (κ2) is 11.8. The van der Waals surface area contributed by atoms with Crippen molar-refractivity contribution in [1.82, 2.24) is 20.9 Å². The molecule has 0 saturated carbocycles. The Morgan fingerprint density at radius 1 is 1.13 bits per heavy atom. The van der Waals surface area contributed by atoms with E-state index in [-0.39, 0.29) is 29.4 Å². The Hall–Kier alpha value is -1.52. The molecule has 3 N–H and O–H groups in total. The Morgan fingerprint density at radius 2 is 1.73 bits per heavy atom. The number of aromatic nitrogens is 1. The van der Waals surface area contributed by atoms with Crippen LogP contribution in [0.4, 0.5) is 4.79 Å². The van der Waals surface area contributed by atoms with Gasteiger partial charge >= 0.3 is 6.09 Å². The Labute approximate surface area is 198 Å². The van der Waals surface area contributed by atoms with Crippen LogP contribution >= 0.6 is 24.0 Å². The minimum Gasteiger partial charge on any atom is -0.444 e. The summed E-state index contributed by atoms with van der Waals surface area (Å²) < 4.78 is 11.2. The van der Waals surface area contributed by atoms with Gasteiger partial charge in [0.15, 0.2) is 5.96 Å². The lowest BCUT2D eigenvalue weighted by Crippen LogP contribution is -2.57. The van der Waals surface area contributed by atoms with Crippen molar-refractivity contribution in [2.75, 3.05) is 13.6 Å². The Kier molecular flexibility index (Phi) is 11.2. The monoisotopic (exact) mass is 537 g/mol. The molecule has 0 atom stereocenters. The van der Waals surface area contributed by atoms with Gasteiger partial charge in [0.1, 0.15) is 11.4 Å². The zero-order chi connectivity index (χ0) is 22.3. The summed E-state index contributed by atoms with van der Waals surface area (Å²) in [5, 5.41) is 9.51. The average molecular weight is 537 g/mol. The van der Waals surface area contributed by atoms with Gasteiger partial charge in [0.05, 0.1) is 18.3 Å². The Morgan fingerprint density at radius 3 is 2.17 bits per heavy atom. The van der Waals surface area contributed by atoms with Crippen molar-refractivity contribution in [2.45, 2.75) is 91.3 Å². The van der Waals surface area contributed by atoms with Gasteiger partial charge in [0.2, 0.25) is 5.89 Å². The normalized spacial score (nSPS) is 12.8. The van der Waals surface area contributed by atoms with Crippen molar-refractivity contribution in [3.63, 3.8) is 0 Å². The molecule has 1 aromatic rings. The van der Waals surface area contributed by atoms with Crippen molar-refractivity contribution in [3.8, 4) is 0 Å². The molecule has 0 fully saturated rings. The first kappa shape index (κ1) is 28.5. The average Bonchev–Trinajstić information content (AvgIpc) is 3.08. The summed E-state index contributed by atoms with van der Waals surface area (Å²) in [6, 6.07) is 0. The molecule has 1 heterocycles. The van der Waals surface area contributed by atoms with Crippen molar-refractivity contribution >= 4 is 36.0 Å². The first-order chi connectivity index (χ1) is 13.3. The summed E-state index contributed by atoms with van der Waals surface area (Å²) in [5.74, 6) is 2.05. The van der Waals surface area contributed by atoms with Crippen LogP contribution in [-0.4, -0.2) is 41.8 Å². The number of aliphatic imine (C=N–C) groups is 1. The molecular formula is C21H40IN5O3. The molecule has 0 spiro atoms. The predicted octanol–water partition coefficient (Wildman–Crippen LogP) is 4.34. The number of oxazole rings is 1. The minimum absolute atomic E-state index is 0. The molecule has 0 aliphatic rings. The number of carbonyl (C=O) groups excluding carboxylic acids is 1. The van der Waals surface area contributed by atoms with Crippen LogP contribution in [0, 0.1) is 0 Å². The third-order valence-electron chi connectivity index (χ3n) is 4.64. The van der Waals surface area contributed by atoms with Crippen molar-refractivity contribution < 1.29 is 13.9 Å². The number of nitrogens with one attached hydrogen (secondary N) is 3. The maximum Gasteiger partial charge on any atom is 0.408 e. The van der Waals surface area contributed by atoms with Gasteiger partial charge in [-0.05, 0) is 33.6 Å². The quantitative estimate of drug-likeness (QED) is 0.272. The molecule has 0 bridgehead atoms. The van der Waals surface area contributed by atoms with Crippen LogP contribution in [0.3, 0.4) is 0 Å². The van der Waals surface area contributed by atoms with Gasteiger partial charge in [-0.1, -0.05) is 34.6 Å². The van der Waals surface area contributed by atoms with Gasteiger partial charge in [-0.2, -0.15) is 0 Å². The molecule has 0 radical (unpaired) electrons. The maximum atomic E-state index is 12.3. The van der Waals surface area contributed by atoms with Crippen LogP contribution < -0.4 is 16.0 Å². The van der Waals surface area contributed by atoms with E-state index in [9.17, 15) is 4.79 Å². The number of carbonyl (C=O) groups is 1. The van der Waals surface area contributed by atoms with E-state index < -0.39 is 17.2 Å². The summed E-state index contributed by atoms with van der Waals surface area (Å²) >= 11 is 0. The minimum atomic E-state index is -0.537. The van der Waals surface area contributed by atoms with Crippen LogP contribution in [0.1, 0.15) is 79.9 Å². The van der Waals surface area contributed by atoms with Crippen molar-refractivity contribution in [1.29, 1.82) is 0 Å². The number of ether oxygens (including phenoxy) is 1. The predicted molar refractivity (Wildman–Crippen MR) is 132 cm³/mol. The summed E-state index contributed by atoms with van der Waals surface area (Å²) in [7, 11) is 1.70. The van der Waals surface area contributed by atoms with Gasteiger partial charge in [0.25, 0.3) is 0 Å². The molecule has 0 unspecified atom stereocenters. The molecule has 1 rings (SSSR count). The number of halogens is 1. The zero-order valence-corrected chi connectivity index (χ0v) is 22.3. The standard InChI is InChI=1S/C21H39N5O3.HI/c1-10-21(11-2,26-18(27)29-20(6,7)8)14-25-17(22-9)24-13-16-23-12-15(28-16)19(3,4)5;/h12H,10-11,13-14H2,1-9H3,(H,26,27)(H2,22,24,25);1H.